The van der Waals surface area contributed by atoms with Gasteiger partial charge in [0.2, 0.25) is 0 Å². The van der Waals surface area contributed by atoms with Crippen LogP contribution in [0.2, 0.25) is 0 Å². The molecule has 0 aromatic heterocycles. The van der Waals surface area contributed by atoms with Crippen molar-refractivity contribution >= 4 is 5.69 Å². The van der Waals surface area contributed by atoms with Crippen LogP contribution >= 0.6 is 0 Å². The summed E-state index contributed by atoms with van der Waals surface area (Å²) in [6.07, 6.45) is 2.65. The largest absolute Gasteiger partial charge is 0.396 e. The highest BCUT2D eigenvalue weighted by Gasteiger charge is 2.26. The number of nitro benzene ring substituents is 1. The first-order valence-corrected chi connectivity index (χ1v) is 7.60. The average Bonchev–Trinajstić information content (AvgIpc) is 2.52. The highest BCUT2D eigenvalue weighted by atomic mass is 16.6. The van der Waals surface area contributed by atoms with Crippen molar-refractivity contribution in [2.75, 3.05) is 13.2 Å². The van der Waals surface area contributed by atoms with Gasteiger partial charge in [-0.3, -0.25) is 10.1 Å². The maximum Gasteiger partial charge on any atom is 0.269 e. The maximum absolute atomic E-state index is 10.9. The van der Waals surface area contributed by atoms with Crippen molar-refractivity contribution in [1.29, 1.82) is 0 Å². The molecule has 0 fully saturated rings. The van der Waals surface area contributed by atoms with E-state index in [0.29, 0.717) is 6.54 Å². The number of nitro groups is 1. The summed E-state index contributed by atoms with van der Waals surface area (Å²) in [6.45, 7) is 7.07. The Balaban J connectivity index is 2.84. The van der Waals surface area contributed by atoms with Crippen molar-refractivity contribution < 1.29 is 10.0 Å². The Hall–Kier alpha value is -1.46. The molecule has 1 atom stereocenters. The lowest BCUT2D eigenvalue weighted by atomic mass is 9.83. The van der Waals surface area contributed by atoms with Gasteiger partial charge in [0.1, 0.15) is 0 Å². The van der Waals surface area contributed by atoms with Gasteiger partial charge < -0.3 is 10.4 Å². The summed E-state index contributed by atoms with van der Waals surface area (Å²) in [6, 6.07) is 6.82. The minimum atomic E-state index is -0.369. The number of aliphatic hydroxyl groups excluding tert-OH is 1. The van der Waals surface area contributed by atoms with Crippen LogP contribution in [0.3, 0.4) is 0 Å². The molecule has 0 bridgehead atoms. The van der Waals surface area contributed by atoms with Crippen LogP contribution in [0.5, 0.6) is 0 Å². The lowest BCUT2D eigenvalue weighted by molar-refractivity contribution is -0.384. The van der Waals surface area contributed by atoms with Crippen molar-refractivity contribution in [2.24, 2.45) is 5.41 Å². The van der Waals surface area contributed by atoms with Gasteiger partial charge in [0.25, 0.3) is 5.69 Å². The molecule has 0 saturated heterocycles. The monoisotopic (exact) mass is 294 g/mol. The Kier molecular flexibility index (Phi) is 6.78. The third-order valence-electron chi connectivity index (χ3n) is 4.45. The van der Waals surface area contributed by atoms with Gasteiger partial charge in [-0.15, -0.1) is 0 Å². The number of hydrogen-bond acceptors (Lipinski definition) is 4. The molecule has 5 heteroatoms. The smallest absolute Gasteiger partial charge is 0.269 e. The molecule has 0 radical (unpaired) electrons. The van der Waals surface area contributed by atoms with Crippen LogP contribution in [-0.2, 0) is 0 Å². The first-order chi connectivity index (χ1) is 10.0. The molecule has 0 saturated carbocycles. The normalized spacial score (nSPS) is 13.1. The Morgan fingerprint density at radius 2 is 2.00 bits per heavy atom. The van der Waals surface area contributed by atoms with Gasteiger partial charge >= 0.3 is 0 Å². The van der Waals surface area contributed by atoms with E-state index in [2.05, 4.69) is 26.1 Å². The molecule has 0 spiro atoms. The summed E-state index contributed by atoms with van der Waals surface area (Å²) in [5.74, 6) is 0. The van der Waals surface area contributed by atoms with E-state index in [1.54, 1.807) is 12.1 Å². The van der Waals surface area contributed by atoms with Crippen molar-refractivity contribution in [2.45, 2.75) is 46.1 Å². The number of hydrogen-bond donors (Lipinski definition) is 2. The zero-order valence-corrected chi connectivity index (χ0v) is 13.1. The highest BCUT2D eigenvalue weighted by Crippen LogP contribution is 2.27. The fourth-order valence-electron chi connectivity index (χ4n) is 2.47. The highest BCUT2D eigenvalue weighted by molar-refractivity contribution is 5.35. The molecule has 1 aromatic carbocycles. The first kappa shape index (κ1) is 17.6. The summed E-state index contributed by atoms with van der Waals surface area (Å²) in [5.41, 5.74) is 0.923. The fraction of sp³-hybridized carbons (Fsp3) is 0.625. The topological polar surface area (TPSA) is 75.4 Å². The molecule has 0 heterocycles. The summed E-state index contributed by atoms with van der Waals surface area (Å²) in [4.78, 5) is 10.5. The minimum absolute atomic E-state index is 0.0638. The van der Waals surface area contributed by atoms with E-state index in [1.165, 1.54) is 6.07 Å². The number of nitrogens with one attached hydrogen (secondary N) is 1. The number of nitrogens with zero attached hydrogens (tertiary/aromatic N) is 1. The predicted octanol–water partition coefficient (Wildman–Crippen LogP) is 3.43. The molecule has 1 rings (SSSR count). The molecule has 1 aromatic rings. The molecule has 5 nitrogen and oxygen atoms in total. The van der Waals surface area contributed by atoms with E-state index in [1.807, 2.05) is 6.07 Å². The number of benzene rings is 1. The third-order valence-corrected chi connectivity index (χ3v) is 4.45. The number of rotatable bonds is 9. The second-order valence-corrected chi connectivity index (χ2v) is 5.56. The SMILES string of the molecule is CCC(NCC(CC)(CC)CO)c1cccc([N+](=O)[O-])c1. The van der Waals surface area contributed by atoms with Gasteiger partial charge in [0, 0.05) is 36.7 Å². The number of non-ortho nitro benzene ring substituents is 1. The van der Waals surface area contributed by atoms with Crippen molar-refractivity contribution in [3.05, 3.63) is 39.9 Å². The molecule has 0 aliphatic rings. The molecule has 118 valence electrons. The summed E-state index contributed by atoms with van der Waals surface area (Å²) < 4.78 is 0. The van der Waals surface area contributed by atoms with Gasteiger partial charge in [0.15, 0.2) is 0 Å². The van der Waals surface area contributed by atoms with Crippen LogP contribution in [0.15, 0.2) is 24.3 Å². The average molecular weight is 294 g/mol. The van der Waals surface area contributed by atoms with Gasteiger partial charge in [-0.05, 0) is 24.8 Å². The van der Waals surface area contributed by atoms with Gasteiger partial charge in [-0.2, -0.15) is 0 Å². The second kappa shape index (κ2) is 8.10. The number of aliphatic hydroxyl groups is 1. The van der Waals surface area contributed by atoms with Crippen LogP contribution in [0.4, 0.5) is 5.69 Å². The van der Waals surface area contributed by atoms with Crippen LogP contribution in [0.1, 0.15) is 51.6 Å². The fourth-order valence-corrected chi connectivity index (χ4v) is 2.47. The molecule has 1 unspecified atom stereocenters. The van der Waals surface area contributed by atoms with Crippen LogP contribution in [-0.4, -0.2) is 23.2 Å². The first-order valence-electron chi connectivity index (χ1n) is 7.60. The molecule has 21 heavy (non-hydrogen) atoms. The van der Waals surface area contributed by atoms with Crippen LogP contribution in [0, 0.1) is 15.5 Å². The zero-order chi connectivity index (χ0) is 15.9. The van der Waals surface area contributed by atoms with E-state index in [9.17, 15) is 15.2 Å². The van der Waals surface area contributed by atoms with Crippen molar-refractivity contribution in [1.82, 2.24) is 5.32 Å². The Bertz CT molecular complexity index is 450. The standard InChI is InChI=1S/C16H26N2O3/c1-4-15(17-11-16(5-2,6-3)12-19)13-8-7-9-14(10-13)18(20)21/h7-10,15,17,19H,4-6,11-12H2,1-3H3. The van der Waals surface area contributed by atoms with Crippen molar-refractivity contribution in [3.63, 3.8) is 0 Å². The Morgan fingerprint density at radius 3 is 2.48 bits per heavy atom. The van der Waals surface area contributed by atoms with Crippen LogP contribution < -0.4 is 5.32 Å². The second-order valence-electron chi connectivity index (χ2n) is 5.56. The van der Waals surface area contributed by atoms with Crippen LogP contribution in [0.25, 0.3) is 0 Å². The molecule has 0 aliphatic carbocycles. The van der Waals surface area contributed by atoms with E-state index in [0.717, 1.165) is 24.8 Å². The van der Waals surface area contributed by atoms with E-state index >= 15 is 0 Å². The zero-order valence-electron chi connectivity index (χ0n) is 13.1. The molecule has 0 amide bonds. The summed E-state index contributed by atoms with van der Waals surface area (Å²) in [7, 11) is 0. The molecule has 2 N–H and O–H groups in total. The quantitative estimate of drug-likeness (QED) is 0.540. The van der Waals surface area contributed by atoms with E-state index in [-0.39, 0.29) is 28.7 Å². The van der Waals surface area contributed by atoms with Gasteiger partial charge in [-0.1, -0.05) is 32.9 Å². The maximum atomic E-state index is 10.9. The lowest BCUT2D eigenvalue weighted by Crippen LogP contribution is -2.38. The molecular formula is C16H26N2O3. The predicted molar refractivity (Wildman–Crippen MR) is 84.2 cm³/mol. The Labute approximate surface area is 126 Å². The third kappa shape index (κ3) is 4.51. The van der Waals surface area contributed by atoms with Gasteiger partial charge in [0.05, 0.1) is 4.92 Å². The minimum Gasteiger partial charge on any atom is -0.396 e. The summed E-state index contributed by atoms with van der Waals surface area (Å²) in [5, 5.41) is 24.0. The molecule has 0 aliphatic heterocycles. The van der Waals surface area contributed by atoms with Gasteiger partial charge in [-0.25, -0.2) is 0 Å². The lowest BCUT2D eigenvalue weighted by Gasteiger charge is -2.32. The van der Waals surface area contributed by atoms with E-state index in [4.69, 9.17) is 0 Å². The van der Waals surface area contributed by atoms with E-state index < -0.39 is 0 Å². The molecular weight excluding hydrogens is 268 g/mol. The summed E-state index contributed by atoms with van der Waals surface area (Å²) >= 11 is 0. The van der Waals surface area contributed by atoms with Crippen molar-refractivity contribution in [3.8, 4) is 0 Å². The Morgan fingerprint density at radius 1 is 1.33 bits per heavy atom.